The van der Waals surface area contributed by atoms with Gasteiger partial charge in [-0.1, -0.05) is 20.4 Å². The molecule has 0 amide bonds. The molecule has 1 rings (SSSR count). The van der Waals surface area contributed by atoms with E-state index in [0.29, 0.717) is 30.0 Å². The summed E-state index contributed by atoms with van der Waals surface area (Å²) in [5.74, 6) is 0.404. The Morgan fingerprint density at radius 1 is 1.47 bits per heavy atom. The van der Waals surface area contributed by atoms with Crippen molar-refractivity contribution in [3.63, 3.8) is 0 Å². The standard InChI is InChI=1S/C12H21NO2/c1-8-5-9(2)11(4)13(6-8)7-10(3)12(14)15/h8-9,11H,3,5-7H2,1-2,4H3,(H,14,15). The normalized spacial score (nSPS) is 32.6. The third-order valence-corrected chi connectivity index (χ3v) is 3.42. The number of carboxylic acid groups (broad SMARTS) is 1. The Kier molecular flexibility index (Phi) is 3.91. The highest BCUT2D eigenvalue weighted by Crippen LogP contribution is 2.27. The first-order valence-corrected chi connectivity index (χ1v) is 5.57. The van der Waals surface area contributed by atoms with Gasteiger partial charge in [-0.05, 0) is 25.2 Å². The van der Waals surface area contributed by atoms with Gasteiger partial charge in [-0.2, -0.15) is 0 Å². The number of piperidine rings is 1. The van der Waals surface area contributed by atoms with Crippen LogP contribution >= 0.6 is 0 Å². The molecule has 3 nitrogen and oxygen atoms in total. The molecule has 0 bridgehead atoms. The number of rotatable bonds is 3. The number of nitrogens with zero attached hydrogens (tertiary/aromatic N) is 1. The van der Waals surface area contributed by atoms with Crippen molar-refractivity contribution in [2.75, 3.05) is 13.1 Å². The van der Waals surface area contributed by atoms with Crippen molar-refractivity contribution in [3.05, 3.63) is 12.2 Å². The lowest BCUT2D eigenvalue weighted by Gasteiger charge is -2.41. The molecule has 0 aromatic carbocycles. The quantitative estimate of drug-likeness (QED) is 0.726. The molecule has 86 valence electrons. The molecular formula is C12H21NO2. The molecule has 1 fully saturated rings. The highest BCUT2D eigenvalue weighted by Gasteiger charge is 2.29. The zero-order valence-electron chi connectivity index (χ0n) is 9.86. The monoisotopic (exact) mass is 211 g/mol. The predicted molar refractivity (Wildman–Crippen MR) is 60.8 cm³/mol. The summed E-state index contributed by atoms with van der Waals surface area (Å²) in [6, 6.07) is 0.456. The largest absolute Gasteiger partial charge is 0.478 e. The van der Waals surface area contributed by atoms with Crippen molar-refractivity contribution >= 4 is 5.97 Å². The molecule has 0 saturated carbocycles. The fourth-order valence-corrected chi connectivity index (χ4v) is 2.35. The van der Waals surface area contributed by atoms with Crippen LogP contribution in [0, 0.1) is 11.8 Å². The van der Waals surface area contributed by atoms with Gasteiger partial charge in [0.1, 0.15) is 0 Å². The molecule has 3 heteroatoms. The lowest BCUT2D eigenvalue weighted by molar-refractivity contribution is -0.133. The maximum Gasteiger partial charge on any atom is 0.332 e. The molecule has 0 aliphatic carbocycles. The number of likely N-dealkylation sites (tertiary alicyclic amines) is 1. The van der Waals surface area contributed by atoms with Crippen LogP contribution < -0.4 is 0 Å². The molecule has 15 heavy (non-hydrogen) atoms. The summed E-state index contributed by atoms with van der Waals surface area (Å²) in [6.07, 6.45) is 1.23. The van der Waals surface area contributed by atoms with Gasteiger partial charge in [0.25, 0.3) is 0 Å². The minimum atomic E-state index is -0.881. The number of carbonyl (C=O) groups is 1. The van der Waals surface area contributed by atoms with Gasteiger partial charge in [-0.3, -0.25) is 4.90 Å². The summed E-state index contributed by atoms with van der Waals surface area (Å²) in [6.45, 7) is 11.7. The van der Waals surface area contributed by atoms with Crippen molar-refractivity contribution < 1.29 is 9.90 Å². The molecule has 3 unspecified atom stereocenters. The van der Waals surface area contributed by atoms with E-state index >= 15 is 0 Å². The maximum atomic E-state index is 10.7. The van der Waals surface area contributed by atoms with Gasteiger partial charge < -0.3 is 5.11 Å². The number of hydrogen-bond donors (Lipinski definition) is 1. The van der Waals surface area contributed by atoms with Crippen LogP contribution in [0.3, 0.4) is 0 Å². The molecule has 1 aliphatic heterocycles. The van der Waals surface area contributed by atoms with E-state index in [4.69, 9.17) is 5.11 Å². The van der Waals surface area contributed by atoms with Gasteiger partial charge in [0, 0.05) is 24.7 Å². The summed E-state index contributed by atoms with van der Waals surface area (Å²) in [4.78, 5) is 12.9. The summed E-state index contributed by atoms with van der Waals surface area (Å²) in [5.41, 5.74) is 0.295. The molecule has 1 saturated heterocycles. The molecule has 0 aromatic heterocycles. The van der Waals surface area contributed by atoms with Gasteiger partial charge in [-0.25, -0.2) is 4.79 Å². The SMILES string of the molecule is C=C(CN1CC(C)CC(C)C1C)C(=O)O. The van der Waals surface area contributed by atoms with Crippen LogP contribution in [0.25, 0.3) is 0 Å². The van der Waals surface area contributed by atoms with E-state index < -0.39 is 5.97 Å². The molecule has 0 aromatic rings. The van der Waals surface area contributed by atoms with Crippen LogP contribution in [-0.2, 0) is 4.79 Å². The van der Waals surface area contributed by atoms with Crippen LogP contribution in [0.2, 0.25) is 0 Å². The molecule has 0 spiro atoms. The lowest BCUT2D eigenvalue weighted by atomic mass is 9.86. The van der Waals surface area contributed by atoms with Gasteiger partial charge >= 0.3 is 5.97 Å². The van der Waals surface area contributed by atoms with Crippen LogP contribution in [0.5, 0.6) is 0 Å². The van der Waals surface area contributed by atoms with E-state index in [-0.39, 0.29) is 0 Å². The average Bonchev–Trinajstić information content (AvgIpc) is 2.13. The van der Waals surface area contributed by atoms with E-state index in [9.17, 15) is 4.79 Å². The lowest BCUT2D eigenvalue weighted by Crippen LogP contribution is -2.46. The van der Waals surface area contributed by atoms with Gasteiger partial charge in [0.15, 0.2) is 0 Å². The average molecular weight is 211 g/mol. The van der Waals surface area contributed by atoms with Crippen LogP contribution in [0.1, 0.15) is 27.2 Å². The van der Waals surface area contributed by atoms with Crippen molar-refractivity contribution in [3.8, 4) is 0 Å². The first-order valence-electron chi connectivity index (χ1n) is 5.57. The van der Waals surface area contributed by atoms with Crippen molar-refractivity contribution in [1.29, 1.82) is 0 Å². The van der Waals surface area contributed by atoms with E-state index in [1.54, 1.807) is 0 Å². The van der Waals surface area contributed by atoms with Crippen molar-refractivity contribution in [1.82, 2.24) is 4.90 Å². The third-order valence-electron chi connectivity index (χ3n) is 3.42. The fourth-order valence-electron chi connectivity index (χ4n) is 2.35. The summed E-state index contributed by atoms with van der Waals surface area (Å²) in [7, 11) is 0. The minimum Gasteiger partial charge on any atom is -0.478 e. The van der Waals surface area contributed by atoms with Crippen molar-refractivity contribution in [2.24, 2.45) is 11.8 Å². The Hall–Kier alpha value is -0.830. The first kappa shape index (κ1) is 12.2. The summed E-state index contributed by atoms with van der Waals surface area (Å²) >= 11 is 0. The topological polar surface area (TPSA) is 40.5 Å². The zero-order chi connectivity index (χ0) is 11.6. The zero-order valence-corrected chi connectivity index (χ0v) is 9.86. The van der Waals surface area contributed by atoms with Crippen LogP contribution in [-0.4, -0.2) is 35.1 Å². The second-order valence-electron chi connectivity index (χ2n) is 4.90. The van der Waals surface area contributed by atoms with Crippen molar-refractivity contribution in [2.45, 2.75) is 33.2 Å². The van der Waals surface area contributed by atoms with Crippen LogP contribution in [0.15, 0.2) is 12.2 Å². The van der Waals surface area contributed by atoms with Gasteiger partial charge in [0.05, 0.1) is 0 Å². The Balaban J connectivity index is 2.59. The summed E-state index contributed by atoms with van der Waals surface area (Å²) < 4.78 is 0. The Morgan fingerprint density at radius 3 is 2.60 bits per heavy atom. The van der Waals surface area contributed by atoms with Crippen LogP contribution in [0.4, 0.5) is 0 Å². The fraction of sp³-hybridized carbons (Fsp3) is 0.750. The second kappa shape index (κ2) is 4.79. The summed E-state index contributed by atoms with van der Waals surface area (Å²) in [5, 5.41) is 8.80. The minimum absolute atomic E-state index is 0.295. The predicted octanol–water partition coefficient (Wildman–Crippen LogP) is 1.99. The third kappa shape index (κ3) is 3.06. The van der Waals surface area contributed by atoms with E-state index in [0.717, 1.165) is 6.54 Å². The maximum absolute atomic E-state index is 10.7. The molecule has 3 atom stereocenters. The smallest absolute Gasteiger partial charge is 0.332 e. The molecular weight excluding hydrogens is 190 g/mol. The first-order chi connectivity index (χ1) is 6.91. The highest BCUT2D eigenvalue weighted by molar-refractivity contribution is 5.86. The Morgan fingerprint density at radius 2 is 2.07 bits per heavy atom. The van der Waals surface area contributed by atoms with E-state index in [1.807, 2.05) is 0 Å². The van der Waals surface area contributed by atoms with Gasteiger partial charge in [-0.15, -0.1) is 0 Å². The molecule has 0 radical (unpaired) electrons. The number of carboxylic acids is 1. The van der Waals surface area contributed by atoms with E-state index in [2.05, 4.69) is 32.3 Å². The number of aliphatic carboxylic acids is 1. The van der Waals surface area contributed by atoms with Gasteiger partial charge in [0.2, 0.25) is 0 Å². The Bertz CT molecular complexity index is 262. The number of hydrogen-bond acceptors (Lipinski definition) is 2. The second-order valence-corrected chi connectivity index (χ2v) is 4.90. The molecule has 1 N–H and O–H groups in total. The Labute approximate surface area is 91.8 Å². The molecule has 1 aliphatic rings. The molecule has 1 heterocycles. The van der Waals surface area contributed by atoms with E-state index in [1.165, 1.54) is 6.42 Å². The highest BCUT2D eigenvalue weighted by atomic mass is 16.4.